The van der Waals surface area contributed by atoms with Crippen molar-refractivity contribution in [3.05, 3.63) is 35.9 Å². The molecule has 0 aliphatic carbocycles. The number of carboxylic acid groups (broad SMARTS) is 3. The van der Waals surface area contributed by atoms with E-state index < -0.39 is 93.2 Å². The molecule has 0 saturated carbocycles. The van der Waals surface area contributed by atoms with E-state index in [9.17, 15) is 45.0 Å². The standard InChI is InChI=1S/C37H62O23/c38-6-32(60-25-37(48)49)18-53-10-29(41)11-54-20-34(59-17-31(43)15-52-9-28(40)13-56-24-36(46)47)22-57-21-33(19-50-7-26-4-2-1-3-5-26)58-16-30(42)14-51-8-27(39)12-55-23-35(44)45/h1-5,27-34,38-43H,6-25H2,(H,44,45)(H,46,47)(H,48,49). The minimum Gasteiger partial charge on any atom is -0.480 e. The third kappa shape index (κ3) is 32.7. The Balaban J connectivity index is 2.75. The molecule has 1 aromatic carbocycles. The summed E-state index contributed by atoms with van der Waals surface area (Å²) in [6.45, 7) is -5.03. The molecule has 8 unspecified atom stereocenters. The lowest BCUT2D eigenvalue weighted by molar-refractivity contribution is -0.148. The highest BCUT2D eigenvalue weighted by Gasteiger charge is 2.20. The molecular weight excluding hydrogens is 812 g/mol. The maximum absolute atomic E-state index is 10.7. The summed E-state index contributed by atoms with van der Waals surface area (Å²) in [5.41, 5.74) is 0.901. The van der Waals surface area contributed by atoms with Crippen LogP contribution in [0.3, 0.4) is 0 Å². The second-order valence-electron chi connectivity index (χ2n) is 13.2. The Hall–Kier alpha value is -3.05. The minimum atomic E-state index is -1.22. The average molecular weight is 875 g/mol. The molecule has 23 heteroatoms. The zero-order valence-electron chi connectivity index (χ0n) is 33.4. The van der Waals surface area contributed by atoms with Gasteiger partial charge < -0.3 is 98.1 Å². The number of aliphatic hydroxyl groups is 6. The molecule has 8 atom stereocenters. The molecule has 0 spiro atoms. The van der Waals surface area contributed by atoms with Gasteiger partial charge in [0, 0.05) is 0 Å². The lowest BCUT2D eigenvalue weighted by atomic mass is 10.2. The molecule has 0 aromatic heterocycles. The van der Waals surface area contributed by atoms with Crippen LogP contribution in [-0.2, 0) is 73.1 Å². The Morgan fingerprint density at radius 1 is 0.400 bits per heavy atom. The largest absolute Gasteiger partial charge is 0.480 e. The van der Waals surface area contributed by atoms with Gasteiger partial charge in [-0.3, -0.25) is 0 Å². The molecule has 0 bridgehead atoms. The smallest absolute Gasteiger partial charge is 0.329 e. The SMILES string of the molecule is O=C(O)COCC(O)COCC(O)COC(COCc1ccccc1)COCC(COCC(O)COCC(CO)OCC(=O)O)OCC(O)COCC(O)COCC(=O)O. The van der Waals surface area contributed by atoms with E-state index in [1.165, 1.54) is 0 Å². The van der Waals surface area contributed by atoms with Crippen molar-refractivity contribution in [1.29, 1.82) is 0 Å². The minimum absolute atomic E-state index is 0.0397. The number of rotatable bonds is 42. The van der Waals surface area contributed by atoms with E-state index >= 15 is 0 Å². The van der Waals surface area contributed by atoms with Crippen molar-refractivity contribution in [1.82, 2.24) is 0 Å². The molecule has 60 heavy (non-hydrogen) atoms. The maximum atomic E-state index is 10.7. The van der Waals surface area contributed by atoms with E-state index in [1.54, 1.807) is 0 Å². The van der Waals surface area contributed by atoms with E-state index in [1.807, 2.05) is 30.3 Å². The highest BCUT2D eigenvalue weighted by Crippen LogP contribution is 2.07. The highest BCUT2D eigenvalue weighted by molar-refractivity contribution is 5.68. The van der Waals surface area contributed by atoms with Crippen molar-refractivity contribution >= 4 is 17.9 Å². The molecule has 0 radical (unpaired) electrons. The summed E-state index contributed by atoms with van der Waals surface area (Å²) in [5.74, 6) is -3.61. The molecule has 1 rings (SSSR count). The predicted molar refractivity (Wildman–Crippen MR) is 201 cm³/mol. The normalized spacial score (nSPS) is 15.8. The number of hydrogen-bond acceptors (Lipinski definition) is 20. The molecule has 23 nitrogen and oxygen atoms in total. The second kappa shape index (κ2) is 35.5. The van der Waals surface area contributed by atoms with Crippen LogP contribution in [-0.4, -0.2) is 238 Å². The van der Waals surface area contributed by atoms with Gasteiger partial charge in [-0.05, 0) is 5.56 Å². The fourth-order valence-corrected chi connectivity index (χ4v) is 4.50. The van der Waals surface area contributed by atoms with Gasteiger partial charge in [0.05, 0.1) is 112 Å². The van der Waals surface area contributed by atoms with Gasteiger partial charge in [-0.15, -0.1) is 0 Å². The lowest BCUT2D eigenvalue weighted by Gasteiger charge is -2.24. The van der Waals surface area contributed by atoms with E-state index in [2.05, 4.69) is 0 Å². The van der Waals surface area contributed by atoms with Crippen LogP contribution >= 0.6 is 0 Å². The maximum Gasteiger partial charge on any atom is 0.329 e. The average Bonchev–Trinajstić information content (AvgIpc) is 3.19. The Bertz CT molecular complexity index is 1210. The van der Waals surface area contributed by atoms with Gasteiger partial charge in [0.25, 0.3) is 0 Å². The number of aliphatic hydroxyl groups excluding tert-OH is 6. The van der Waals surface area contributed by atoms with Crippen LogP contribution in [0.4, 0.5) is 0 Å². The topological polar surface area (TPSA) is 335 Å². The first kappa shape index (κ1) is 55.0. The van der Waals surface area contributed by atoms with Gasteiger partial charge in [0.15, 0.2) is 0 Å². The first-order valence-corrected chi connectivity index (χ1v) is 18.9. The van der Waals surface area contributed by atoms with Gasteiger partial charge in [0.1, 0.15) is 68.7 Å². The van der Waals surface area contributed by atoms with Crippen molar-refractivity contribution in [3.63, 3.8) is 0 Å². The quantitative estimate of drug-likeness (QED) is 0.0308. The Kier molecular flexibility index (Phi) is 32.6. The number of benzene rings is 1. The Morgan fingerprint density at radius 3 is 1.13 bits per heavy atom. The van der Waals surface area contributed by atoms with Gasteiger partial charge >= 0.3 is 17.9 Å². The molecule has 9 N–H and O–H groups in total. The fourth-order valence-electron chi connectivity index (χ4n) is 4.50. The van der Waals surface area contributed by atoms with Crippen molar-refractivity contribution in [2.24, 2.45) is 0 Å². The number of carbonyl (C=O) groups is 3. The molecule has 0 aliphatic rings. The lowest BCUT2D eigenvalue weighted by Crippen LogP contribution is -2.36. The Labute approximate surface area is 347 Å². The highest BCUT2D eigenvalue weighted by atomic mass is 16.6. The number of ether oxygens (including phenoxy) is 11. The van der Waals surface area contributed by atoms with Crippen LogP contribution in [0.25, 0.3) is 0 Å². The predicted octanol–water partition coefficient (Wildman–Crippen LogP) is -3.47. The van der Waals surface area contributed by atoms with Crippen LogP contribution in [0.15, 0.2) is 30.3 Å². The van der Waals surface area contributed by atoms with Crippen LogP contribution < -0.4 is 0 Å². The van der Waals surface area contributed by atoms with Gasteiger partial charge in [-0.25, -0.2) is 14.4 Å². The summed E-state index contributed by atoms with van der Waals surface area (Å²) in [6.07, 6.45) is -8.16. The summed E-state index contributed by atoms with van der Waals surface area (Å²) < 4.78 is 59.4. The van der Waals surface area contributed by atoms with Crippen molar-refractivity contribution in [3.8, 4) is 0 Å². The van der Waals surface area contributed by atoms with Crippen LogP contribution in [0.2, 0.25) is 0 Å². The molecule has 0 saturated heterocycles. The first-order chi connectivity index (χ1) is 28.8. The number of hydrogen-bond donors (Lipinski definition) is 9. The third-order valence-electron chi connectivity index (χ3n) is 7.26. The zero-order chi connectivity index (χ0) is 44.4. The molecule has 348 valence electrons. The van der Waals surface area contributed by atoms with Crippen molar-refractivity contribution in [2.75, 3.05) is 126 Å². The molecule has 0 heterocycles. The summed E-state index contributed by atoms with van der Waals surface area (Å²) in [7, 11) is 0. The van der Waals surface area contributed by atoms with Gasteiger partial charge in [-0.1, -0.05) is 30.3 Å². The van der Waals surface area contributed by atoms with Crippen molar-refractivity contribution in [2.45, 2.75) is 55.4 Å². The summed E-state index contributed by atoms with van der Waals surface area (Å²) in [5, 5.41) is 86.2. The Morgan fingerprint density at radius 2 is 0.733 bits per heavy atom. The van der Waals surface area contributed by atoms with Crippen LogP contribution in [0.1, 0.15) is 5.56 Å². The zero-order valence-corrected chi connectivity index (χ0v) is 33.4. The van der Waals surface area contributed by atoms with E-state index in [-0.39, 0.29) is 106 Å². The summed E-state index contributed by atoms with van der Waals surface area (Å²) in [4.78, 5) is 31.8. The van der Waals surface area contributed by atoms with Crippen molar-refractivity contribution < 1.29 is 112 Å². The third-order valence-corrected chi connectivity index (χ3v) is 7.26. The number of carboxylic acids is 3. The monoisotopic (exact) mass is 874 g/mol. The van der Waals surface area contributed by atoms with Crippen LogP contribution in [0, 0.1) is 0 Å². The van der Waals surface area contributed by atoms with Gasteiger partial charge in [0.2, 0.25) is 0 Å². The van der Waals surface area contributed by atoms with Crippen LogP contribution in [0.5, 0.6) is 0 Å². The summed E-state index contributed by atoms with van der Waals surface area (Å²) >= 11 is 0. The second-order valence-corrected chi connectivity index (χ2v) is 13.2. The molecular formula is C37H62O23. The van der Waals surface area contributed by atoms with E-state index in [4.69, 9.17) is 67.4 Å². The van der Waals surface area contributed by atoms with E-state index in [0.717, 1.165) is 5.56 Å². The first-order valence-electron chi connectivity index (χ1n) is 18.9. The number of aliphatic carboxylic acids is 3. The molecule has 0 fully saturated rings. The molecule has 0 aliphatic heterocycles. The molecule has 1 aromatic rings. The molecule has 0 amide bonds. The van der Waals surface area contributed by atoms with E-state index in [0.29, 0.717) is 0 Å². The fraction of sp³-hybridized carbons (Fsp3) is 0.757. The van der Waals surface area contributed by atoms with Gasteiger partial charge in [-0.2, -0.15) is 0 Å². The summed E-state index contributed by atoms with van der Waals surface area (Å²) in [6, 6.07) is 9.33.